The summed E-state index contributed by atoms with van der Waals surface area (Å²) in [5, 5.41) is 38.0. The van der Waals surface area contributed by atoms with Crippen molar-refractivity contribution in [2.24, 2.45) is 102 Å². The molecule has 3 aliphatic heterocycles. The van der Waals surface area contributed by atoms with Gasteiger partial charge in [-0.15, -0.1) is 12.4 Å². The number of hydrogen-bond donors (Lipinski definition) is 4. The number of likely N-dealkylation sites (tertiary alicyclic amines) is 2. The van der Waals surface area contributed by atoms with Crippen molar-refractivity contribution in [2.45, 2.75) is 180 Å². The number of carbonyl (C=O) groups excluding carboxylic acids is 11. The van der Waals surface area contributed by atoms with Crippen LogP contribution in [-0.4, -0.2) is 202 Å². The van der Waals surface area contributed by atoms with Gasteiger partial charge in [0.2, 0.25) is 0 Å². The molecule has 15 aliphatic rings. The number of benzene rings is 1. The van der Waals surface area contributed by atoms with Gasteiger partial charge in [0.25, 0.3) is 0 Å². The summed E-state index contributed by atoms with van der Waals surface area (Å²) in [6.45, 7) is 21.9. The molecule has 22 nitrogen and oxygen atoms in total. The Morgan fingerprint density at radius 2 is 0.873 bits per heavy atom. The number of alkyl halides is 6. The minimum Gasteiger partial charge on any atom is -0.458 e. The molecule has 30 heteroatoms. The maximum atomic E-state index is 17.6. The number of carbonyl (C=O) groups is 11. The maximum Gasteiger partial charge on any atom is 0.414 e. The number of rotatable bonds is 13. The van der Waals surface area contributed by atoms with Gasteiger partial charge in [0.15, 0.2) is 71.5 Å². The molecule has 9 saturated carbocycles. The van der Waals surface area contributed by atoms with E-state index in [1.807, 2.05) is 44.2 Å². The molecule has 12 fully saturated rings. The third-order valence-corrected chi connectivity index (χ3v) is 32.1. The second kappa shape index (κ2) is 31.6. The molecule has 118 heavy (non-hydrogen) atoms. The van der Waals surface area contributed by atoms with Crippen LogP contribution in [0.5, 0.6) is 0 Å². The summed E-state index contributed by atoms with van der Waals surface area (Å²) in [7, 11) is 0. The van der Waals surface area contributed by atoms with Gasteiger partial charge in [-0.05, 0) is 196 Å². The van der Waals surface area contributed by atoms with Crippen LogP contribution >= 0.6 is 24.0 Å². The number of nitrogens with zero attached hydrogens (tertiary/aromatic N) is 2. The molecule has 3 heterocycles. The lowest BCUT2D eigenvalue weighted by Gasteiger charge is -2.63. The summed E-state index contributed by atoms with van der Waals surface area (Å²) in [5.41, 5.74) is -16.4. The molecule has 3 saturated heterocycles. The molecule has 0 aromatic heterocycles. The van der Waals surface area contributed by atoms with E-state index < -0.39 is 180 Å². The minimum atomic E-state index is -2.27. The smallest absolute Gasteiger partial charge is 0.414 e. The monoisotopic (exact) mass is 1690 g/mol. The number of esters is 3. The Morgan fingerprint density at radius 3 is 1.24 bits per heavy atom. The van der Waals surface area contributed by atoms with Crippen LogP contribution < -0.4 is 5.32 Å². The predicted octanol–water partition coefficient (Wildman–Crippen LogP) is 11.6. The van der Waals surface area contributed by atoms with Gasteiger partial charge in [0, 0.05) is 106 Å². The molecule has 4 N–H and O–H groups in total. The number of ketones is 6. The Labute approximate surface area is 692 Å². The first kappa shape index (κ1) is 89.5. The molecule has 1 amide bonds. The van der Waals surface area contributed by atoms with Gasteiger partial charge < -0.3 is 49.2 Å². The van der Waals surface area contributed by atoms with Gasteiger partial charge >= 0.3 is 29.4 Å². The normalized spacial score (nSPS) is 43.6. The van der Waals surface area contributed by atoms with Gasteiger partial charge in [0.05, 0.1) is 47.1 Å². The van der Waals surface area contributed by atoms with Crippen molar-refractivity contribution in [1.29, 1.82) is 0 Å². The van der Waals surface area contributed by atoms with Crippen LogP contribution in [0.1, 0.15) is 126 Å². The molecule has 0 unspecified atom stereocenters. The second-order valence-electron chi connectivity index (χ2n) is 36.6. The second-order valence-corrected chi connectivity index (χ2v) is 36.9. The molecule has 16 rings (SSSR count). The van der Waals surface area contributed by atoms with Crippen molar-refractivity contribution < 1.29 is 118 Å². The number of allylic oxidation sites excluding steroid dienone is 12. The summed E-state index contributed by atoms with van der Waals surface area (Å²) >= 11 is 4.65. The largest absolute Gasteiger partial charge is 0.458 e. The first-order valence-corrected chi connectivity index (χ1v) is 40.6. The topological polar surface area (TPSA) is 313 Å². The molecular formula is C88H105Cl2F6N3O19. The Bertz CT molecular complexity index is 4540. The van der Waals surface area contributed by atoms with E-state index in [4.69, 9.17) is 18.9 Å². The van der Waals surface area contributed by atoms with E-state index in [0.717, 1.165) is 24.2 Å². The van der Waals surface area contributed by atoms with Crippen LogP contribution in [0.25, 0.3) is 0 Å². The molecular weight excluding hydrogens is 1590 g/mol. The fourth-order valence-electron chi connectivity index (χ4n) is 27.0. The third kappa shape index (κ3) is 13.0. The van der Waals surface area contributed by atoms with E-state index in [1.165, 1.54) is 81.2 Å². The first-order chi connectivity index (χ1) is 54.8. The van der Waals surface area contributed by atoms with Crippen LogP contribution in [0.3, 0.4) is 0 Å². The van der Waals surface area contributed by atoms with Crippen molar-refractivity contribution >= 4 is 88.1 Å². The summed E-state index contributed by atoms with van der Waals surface area (Å²) < 4.78 is 123. The zero-order valence-corrected chi connectivity index (χ0v) is 69.1. The van der Waals surface area contributed by atoms with E-state index in [9.17, 15) is 68.1 Å². The van der Waals surface area contributed by atoms with E-state index in [2.05, 4.69) is 39.7 Å². The number of hydrogen-bond acceptors (Lipinski definition) is 21. The van der Waals surface area contributed by atoms with Crippen LogP contribution in [0.2, 0.25) is 0 Å². The van der Waals surface area contributed by atoms with Gasteiger partial charge in [0.1, 0.15) is 18.5 Å². The number of fused-ring (bicyclic) bond motifs is 21. The van der Waals surface area contributed by atoms with Crippen molar-refractivity contribution in [1.82, 2.24) is 15.1 Å². The van der Waals surface area contributed by atoms with Gasteiger partial charge in [-0.3, -0.25) is 48.1 Å². The first-order valence-electron chi connectivity index (χ1n) is 40.2. The maximum absolute atomic E-state index is 17.6. The highest BCUT2D eigenvalue weighted by Crippen LogP contribution is 2.78. The quantitative estimate of drug-likeness (QED) is 0.0469. The molecule has 0 bridgehead atoms. The lowest BCUT2D eigenvalue weighted by atomic mass is 9.43. The van der Waals surface area contributed by atoms with Crippen LogP contribution in [-0.2, 0) is 73.4 Å². The molecule has 12 aliphatic carbocycles. The van der Waals surface area contributed by atoms with E-state index in [1.54, 1.807) is 20.8 Å². The highest BCUT2D eigenvalue weighted by molar-refractivity contribution is 6.61. The Morgan fingerprint density at radius 1 is 0.517 bits per heavy atom. The summed E-state index contributed by atoms with van der Waals surface area (Å²) in [4.78, 5) is 138. The highest BCUT2D eigenvalue weighted by atomic mass is 35.5. The number of nitrogens with one attached hydrogen (secondary N) is 1. The number of aliphatic hydroxyl groups is 3. The lowest BCUT2D eigenvalue weighted by Crippen LogP contribution is -2.69. The van der Waals surface area contributed by atoms with Crippen LogP contribution in [0, 0.1) is 102 Å². The molecule has 0 radical (unpaired) electrons. The summed E-state index contributed by atoms with van der Waals surface area (Å²) in [6, 6.07) is 9.95. The standard InChI is InChI=1S/C32H37F2NO5.C28H33F2NO7.C25H31F2NO5.C3H3ClO2.ClH/c1-19(36)40-17-28(39)31-18-35(15-20-7-5-4-6-8-20)16-21(31)11-23-24-13-26(33)25-12-22(37)9-10-29(25,2)32(24,34)27(38)14-30(23,31)3;1-5-37-24(36)31-12-16-8-18-19-10-21(29)20-9-17(33)6-7-25(20,3)28(19,30)22(34)11-26(18,4)27(16,14-31)23(35)13-38-15(2)32;1-13(29)33-11-21(32)24-12-28-10-14(24)6-16-17-8-19(26)18-7-15(30)4-5-22(18,2)25(17,27)20(31)9-23(16,24)3;1-2-6-3(4)5;/h4-10,12,21,23-24,26-27,38H,11,13-18H2,1-3H3;5-7,9,16,18-19,21-22,34H,1,8,10-14H2,2-4H3;4-5,7,14,16-17,19-20,28,31H,6,8-12H2,1-3H3;2H,1H2;1H/t21-,23-,24-,26-,27-,29-,30-,31+,32-;16-,18-,19-,21-,22-,25-,26-,27+,28-;14-,16-,17-,19-,20-,22-,23-,24+,25-;;/m000../s1. The molecule has 0 spiro atoms. The molecule has 1 aromatic carbocycles. The van der Waals surface area contributed by atoms with Crippen LogP contribution in [0.15, 0.2) is 127 Å². The van der Waals surface area contributed by atoms with E-state index >= 15 is 26.3 Å². The van der Waals surface area contributed by atoms with E-state index in [-0.39, 0.29) is 141 Å². The highest BCUT2D eigenvalue weighted by Gasteiger charge is 2.82. The number of Topliss-reactive ketones (excluding diaryl/α,β-unsaturated/α-hetero) is 3. The Kier molecular flexibility index (Phi) is 24.0. The fourth-order valence-corrected chi connectivity index (χ4v) is 27.1. The zero-order valence-electron chi connectivity index (χ0n) is 67.6. The third-order valence-electron chi connectivity index (χ3n) is 32.0. The van der Waals surface area contributed by atoms with Crippen molar-refractivity contribution in [3.63, 3.8) is 0 Å². The van der Waals surface area contributed by atoms with Gasteiger partial charge in [-0.1, -0.05) is 82.5 Å². The Balaban J connectivity index is 0.000000157. The SMILES string of the molecule is C=COC(=O)Cl.C=COC(=O)N1C[C@@H]2C[C@H]3[C@@H]4C[C@H](F)C5=CC(=O)C=C[C@]5(C)[C@@]4(F)[C@@H](O)C[C@]3(C)[C@]2(C(=O)COC(C)=O)C1.CC(=O)OCC(=O)[C@@]12CN(Cc3ccccc3)C[C@@H]1C[C@H]1[C@@H]3C[C@H](F)C4=CC(=O)C=C[C@]4(C)[C@@]3(F)[C@@H](O)C[C@@]12C.CC(=O)OCC(=O)[C@@]12CNC[C@@H]1C[C@H]1[C@@H]3C[C@H](F)C4=CC(=O)C=C[C@]4(C)[C@@]3(F)[C@@H](O)C[C@@]12C.Cl. The van der Waals surface area contributed by atoms with Gasteiger partial charge in [-0.2, -0.15) is 0 Å². The average molecular weight is 1690 g/mol. The molecule has 642 valence electrons. The number of ether oxygens (including phenoxy) is 5. The summed E-state index contributed by atoms with van der Waals surface area (Å²) in [6.07, 6.45) is 4.43. The lowest BCUT2D eigenvalue weighted by molar-refractivity contribution is -0.212. The summed E-state index contributed by atoms with van der Waals surface area (Å²) in [5.74, 6) is -8.32. The average Bonchev–Trinajstić information content (AvgIpc) is 1.47. The number of aliphatic hydroxyl groups excluding tert-OH is 3. The zero-order chi connectivity index (χ0) is 85.5. The minimum absolute atomic E-state index is 0. The van der Waals surface area contributed by atoms with Crippen molar-refractivity contribution in [3.8, 4) is 0 Å². The number of halogens is 8. The van der Waals surface area contributed by atoms with Crippen LogP contribution in [0.4, 0.5) is 35.9 Å². The number of amides is 1. The fraction of sp³-hybridized carbons (Fsp3) is 0.625. The van der Waals surface area contributed by atoms with E-state index in [0.29, 0.717) is 52.0 Å². The Hall–Kier alpha value is -7.73. The van der Waals surface area contributed by atoms with Crippen molar-refractivity contribution in [2.75, 3.05) is 59.1 Å². The molecule has 1 aromatic rings. The molecule has 27 atom stereocenters. The van der Waals surface area contributed by atoms with Gasteiger partial charge in [-0.25, -0.2) is 35.9 Å². The van der Waals surface area contributed by atoms with Crippen molar-refractivity contribution in [3.05, 3.63) is 133 Å². The predicted molar refractivity (Wildman–Crippen MR) is 417 cm³/mol.